The molecular weight excluding hydrogens is 338 g/mol. The minimum absolute atomic E-state index is 0.232. The third kappa shape index (κ3) is 4.89. The van der Waals surface area contributed by atoms with Crippen molar-refractivity contribution in [1.29, 1.82) is 0 Å². The van der Waals surface area contributed by atoms with Crippen LogP contribution in [0.1, 0.15) is 32.6 Å². The van der Waals surface area contributed by atoms with E-state index >= 15 is 0 Å². The van der Waals surface area contributed by atoms with E-state index in [0.717, 1.165) is 18.6 Å². The summed E-state index contributed by atoms with van der Waals surface area (Å²) in [6.07, 6.45) is 4.38. The molecule has 1 aliphatic rings. The molecule has 1 fully saturated rings. The Morgan fingerprint density at radius 1 is 1.12 bits per heavy atom. The maximum Gasteiger partial charge on any atom is 0.265 e. The molecule has 0 spiro atoms. The number of anilines is 1. The molecule has 4 nitrogen and oxygen atoms in total. The van der Waals surface area contributed by atoms with Crippen molar-refractivity contribution in [3.8, 4) is 11.5 Å². The molecule has 0 aromatic heterocycles. The summed E-state index contributed by atoms with van der Waals surface area (Å²) in [5.74, 6) is 1.10. The zero-order valence-electron chi connectivity index (χ0n) is 14.2. The van der Waals surface area contributed by atoms with Gasteiger partial charge in [0, 0.05) is 5.69 Å². The minimum Gasteiger partial charge on any atom is -0.490 e. The molecule has 2 aromatic carbocycles. The van der Waals surface area contributed by atoms with Crippen LogP contribution in [0, 0.1) is 0 Å². The highest BCUT2D eigenvalue weighted by atomic mass is 35.5. The lowest BCUT2D eigenvalue weighted by molar-refractivity contribution is -0.122. The molecule has 25 heavy (non-hydrogen) atoms. The van der Waals surface area contributed by atoms with Gasteiger partial charge in [-0.15, -0.1) is 0 Å². The van der Waals surface area contributed by atoms with Gasteiger partial charge in [0.15, 0.2) is 6.10 Å². The molecule has 0 aliphatic heterocycles. The summed E-state index contributed by atoms with van der Waals surface area (Å²) >= 11 is 6.05. The van der Waals surface area contributed by atoms with Crippen LogP contribution in [-0.2, 0) is 4.79 Å². The van der Waals surface area contributed by atoms with Gasteiger partial charge in [0.05, 0.1) is 11.1 Å². The number of benzene rings is 2. The molecule has 0 unspecified atom stereocenters. The van der Waals surface area contributed by atoms with Crippen LogP contribution in [0.3, 0.4) is 0 Å². The van der Waals surface area contributed by atoms with Crippen LogP contribution in [0.15, 0.2) is 48.5 Å². The van der Waals surface area contributed by atoms with Gasteiger partial charge in [-0.3, -0.25) is 4.79 Å². The van der Waals surface area contributed by atoms with Crippen LogP contribution < -0.4 is 14.8 Å². The highest BCUT2D eigenvalue weighted by Crippen LogP contribution is 2.26. The first-order valence-electron chi connectivity index (χ1n) is 8.60. The number of rotatable bonds is 6. The van der Waals surface area contributed by atoms with Gasteiger partial charge in [-0.05, 0) is 69.0 Å². The Balaban J connectivity index is 1.54. The molecule has 5 heteroatoms. The van der Waals surface area contributed by atoms with Crippen molar-refractivity contribution in [2.24, 2.45) is 0 Å². The third-order valence-corrected chi connectivity index (χ3v) is 4.55. The molecule has 2 aromatic rings. The lowest BCUT2D eigenvalue weighted by Crippen LogP contribution is -2.30. The second kappa shape index (κ2) is 8.26. The van der Waals surface area contributed by atoms with Crippen LogP contribution in [0.4, 0.5) is 5.69 Å². The molecule has 132 valence electrons. The Hall–Kier alpha value is -2.20. The number of para-hydroxylation sites is 1. The molecule has 3 rings (SSSR count). The first kappa shape index (κ1) is 17.6. The molecule has 0 radical (unpaired) electrons. The van der Waals surface area contributed by atoms with Crippen molar-refractivity contribution in [2.45, 2.75) is 44.8 Å². The smallest absolute Gasteiger partial charge is 0.265 e. The van der Waals surface area contributed by atoms with Crippen LogP contribution in [0.5, 0.6) is 11.5 Å². The summed E-state index contributed by atoms with van der Waals surface area (Å²) in [6, 6.07) is 14.5. The summed E-state index contributed by atoms with van der Waals surface area (Å²) in [5, 5.41) is 3.32. The highest BCUT2D eigenvalue weighted by Gasteiger charge is 2.18. The van der Waals surface area contributed by atoms with Crippen LogP contribution in [-0.4, -0.2) is 18.1 Å². The average molecular weight is 360 g/mol. The number of hydrogen-bond acceptors (Lipinski definition) is 3. The second-order valence-electron chi connectivity index (χ2n) is 6.23. The molecular formula is C20H22ClNO3. The van der Waals surface area contributed by atoms with E-state index in [1.165, 1.54) is 12.8 Å². The fourth-order valence-corrected chi connectivity index (χ4v) is 3.02. The lowest BCUT2D eigenvalue weighted by atomic mass is 10.2. The van der Waals surface area contributed by atoms with Gasteiger partial charge in [-0.25, -0.2) is 0 Å². The fourth-order valence-electron chi connectivity index (χ4n) is 2.84. The molecule has 0 saturated heterocycles. The Labute approximate surface area is 153 Å². The topological polar surface area (TPSA) is 47.6 Å². The molecule has 1 amide bonds. The number of ether oxygens (including phenoxy) is 2. The maximum absolute atomic E-state index is 12.3. The van der Waals surface area contributed by atoms with Gasteiger partial charge >= 0.3 is 0 Å². The van der Waals surface area contributed by atoms with Gasteiger partial charge < -0.3 is 14.8 Å². The van der Waals surface area contributed by atoms with Crippen molar-refractivity contribution < 1.29 is 14.3 Å². The van der Waals surface area contributed by atoms with Crippen LogP contribution in [0.2, 0.25) is 5.02 Å². The van der Waals surface area contributed by atoms with Crippen molar-refractivity contribution >= 4 is 23.2 Å². The Morgan fingerprint density at radius 2 is 1.80 bits per heavy atom. The lowest BCUT2D eigenvalue weighted by Gasteiger charge is -2.16. The van der Waals surface area contributed by atoms with Crippen molar-refractivity contribution in [2.75, 3.05) is 5.32 Å². The monoisotopic (exact) mass is 359 g/mol. The van der Waals surface area contributed by atoms with E-state index in [9.17, 15) is 4.79 Å². The van der Waals surface area contributed by atoms with Gasteiger partial charge in [0.1, 0.15) is 11.5 Å². The fraction of sp³-hybridized carbons (Fsp3) is 0.350. The van der Waals surface area contributed by atoms with Gasteiger partial charge in [0.25, 0.3) is 5.91 Å². The number of carbonyl (C=O) groups excluding carboxylic acids is 1. The molecule has 1 saturated carbocycles. The zero-order chi connectivity index (χ0) is 17.6. The Kier molecular flexibility index (Phi) is 5.82. The number of carbonyl (C=O) groups is 1. The first-order valence-corrected chi connectivity index (χ1v) is 8.98. The number of amides is 1. The van der Waals surface area contributed by atoms with Gasteiger partial charge in [0.2, 0.25) is 0 Å². The van der Waals surface area contributed by atoms with Gasteiger partial charge in [-0.2, -0.15) is 0 Å². The second-order valence-corrected chi connectivity index (χ2v) is 6.64. The molecule has 0 bridgehead atoms. The SMILES string of the molecule is C[C@H](Oc1ccccc1Cl)C(=O)Nc1ccc(OC2CCCC2)cc1. The molecule has 1 atom stereocenters. The number of nitrogens with one attached hydrogen (secondary N) is 1. The van der Waals surface area contributed by atoms with E-state index in [2.05, 4.69) is 5.32 Å². The quantitative estimate of drug-likeness (QED) is 0.783. The number of hydrogen-bond donors (Lipinski definition) is 1. The van der Waals surface area contributed by atoms with Crippen molar-refractivity contribution in [3.63, 3.8) is 0 Å². The summed E-state index contributed by atoms with van der Waals surface area (Å²) in [4.78, 5) is 12.3. The summed E-state index contributed by atoms with van der Waals surface area (Å²) < 4.78 is 11.5. The van der Waals surface area contributed by atoms with Crippen molar-refractivity contribution in [1.82, 2.24) is 0 Å². The van der Waals surface area contributed by atoms with Gasteiger partial charge in [-0.1, -0.05) is 23.7 Å². The molecule has 0 heterocycles. The predicted molar refractivity (Wildman–Crippen MR) is 99.5 cm³/mol. The van der Waals surface area contributed by atoms with E-state index in [1.807, 2.05) is 36.4 Å². The highest BCUT2D eigenvalue weighted by molar-refractivity contribution is 6.32. The Morgan fingerprint density at radius 3 is 2.48 bits per heavy atom. The van der Waals surface area contributed by atoms with E-state index in [-0.39, 0.29) is 5.91 Å². The zero-order valence-corrected chi connectivity index (χ0v) is 15.0. The standard InChI is InChI=1S/C20H22ClNO3/c1-14(24-19-9-5-4-8-18(19)21)20(23)22-15-10-12-17(13-11-15)25-16-6-2-3-7-16/h4-5,8-14,16H,2-3,6-7H2,1H3,(H,22,23)/t14-/m0/s1. The van der Waals surface area contributed by atoms with Crippen LogP contribution >= 0.6 is 11.6 Å². The first-order chi connectivity index (χ1) is 12.1. The molecule has 1 N–H and O–H groups in total. The number of halogens is 1. The van der Waals surface area contributed by atoms with Crippen LogP contribution in [0.25, 0.3) is 0 Å². The average Bonchev–Trinajstić information content (AvgIpc) is 3.11. The molecule has 1 aliphatic carbocycles. The third-order valence-electron chi connectivity index (χ3n) is 4.24. The summed E-state index contributed by atoms with van der Waals surface area (Å²) in [7, 11) is 0. The maximum atomic E-state index is 12.3. The van der Waals surface area contributed by atoms with Crippen molar-refractivity contribution in [3.05, 3.63) is 53.6 Å². The summed E-state index contributed by atoms with van der Waals surface area (Å²) in [5.41, 5.74) is 0.707. The normalized spacial score (nSPS) is 15.6. The summed E-state index contributed by atoms with van der Waals surface area (Å²) in [6.45, 7) is 1.69. The van der Waals surface area contributed by atoms with E-state index in [4.69, 9.17) is 21.1 Å². The van der Waals surface area contributed by atoms with E-state index in [0.29, 0.717) is 22.6 Å². The largest absolute Gasteiger partial charge is 0.490 e. The van der Waals surface area contributed by atoms with E-state index < -0.39 is 6.10 Å². The minimum atomic E-state index is -0.658. The predicted octanol–water partition coefficient (Wildman–Crippen LogP) is 5.07. The van der Waals surface area contributed by atoms with E-state index in [1.54, 1.807) is 19.1 Å². The Bertz CT molecular complexity index is 711.